The van der Waals surface area contributed by atoms with Gasteiger partial charge in [0.15, 0.2) is 0 Å². The first-order chi connectivity index (χ1) is 8.31. The molecule has 0 aromatic heterocycles. The number of rotatable bonds is 1. The van der Waals surface area contributed by atoms with Crippen LogP contribution in [0.15, 0.2) is 24.3 Å². The van der Waals surface area contributed by atoms with Gasteiger partial charge in [0.2, 0.25) is 0 Å². The highest BCUT2D eigenvalue weighted by Gasteiger charge is 2.34. The van der Waals surface area contributed by atoms with Crippen molar-refractivity contribution in [1.82, 2.24) is 5.32 Å². The molecule has 0 saturated carbocycles. The van der Waals surface area contributed by atoms with Crippen LogP contribution in [0.5, 0.6) is 11.5 Å². The Kier molecular flexibility index (Phi) is 2.56. The third-order valence-electron chi connectivity index (χ3n) is 3.55. The number of piperidine rings is 1. The summed E-state index contributed by atoms with van der Waals surface area (Å²) in [6.45, 7) is 2.05. The molecule has 1 fully saturated rings. The highest BCUT2D eigenvalue weighted by atomic mass is 16.5. The van der Waals surface area contributed by atoms with Crippen LogP contribution in [0.1, 0.15) is 18.4 Å². The molecule has 2 aliphatic rings. The third kappa shape index (κ3) is 1.91. The van der Waals surface area contributed by atoms with Crippen molar-refractivity contribution in [2.24, 2.45) is 0 Å². The van der Waals surface area contributed by atoms with Crippen molar-refractivity contribution in [1.29, 1.82) is 0 Å². The van der Waals surface area contributed by atoms with E-state index in [1.54, 1.807) is 7.11 Å². The summed E-state index contributed by atoms with van der Waals surface area (Å²) < 4.78 is 11.4. The molecule has 2 aliphatic heterocycles. The summed E-state index contributed by atoms with van der Waals surface area (Å²) >= 11 is 0. The number of methoxy groups -OCH3 is 1. The van der Waals surface area contributed by atoms with Gasteiger partial charge in [0.25, 0.3) is 0 Å². The van der Waals surface area contributed by atoms with Crippen molar-refractivity contribution in [3.05, 3.63) is 29.8 Å². The van der Waals surface area contributed by atoms with E-state index in [-0.39, 0.29) is 5.60 Å². The lowest BCUT2D eigenvalue weighted by Gasteiger charge is -2.38. The Morgan fingerprint density at radius 2 is 2.12 bits per heavy atom. The second kappa shape index (κ2) is 4.08. The topological polar surface area (TPSA) is 30.5 Å². The summed E-state index contributed by atoms with van der Waals surface area (Å²) in [6, 6.07) is 5.97. The third-order valence-corrected chi connectivity index (χ3v) is 3.55. The molecule has 0 bridgehead atoms. The van der Waals surface area contributed by atoms with Crippen LogP contribution in [0.4, 0.5) is 0 Å². The molecule has 1 saturated heterocycles. The minimum atomic E-state index is -0.0904. The van der Waals surface area contributed by atoms with Crippen LogP contribution < -0.4 is 14.8 Å². The van der Waals surface area contributed by atoms with Gasteiger partial charge < -0.3 is 14.8 Å². The van der Waals surface area contributed by atoms with Gasteiger partial charge in [-0.05, 0) is 37.4 Å². The van der Waals surface area contributed by atoms with Gasteiger partial charge >= 0.3 is 0 Å². The van der Waals surface area contributed by atoms with Crippen LogP contribution in [-0.2, 0) is 0 Å². The SMILES string of the molecule is COc1ccc2c(c1)C=CC1(CCNCC1)O2. The molecule has 0 unspecified atom stereocenters. The average Bonchev–Trinajstić information content (AvgIpc) is 2.39. The molecule has 3 rings (SSSR count). The molecular formula is C14H17NO2. The first-order valence-electron chi connectivity index (χ1n) is 6.08. The zero-order valence-electron chi connectivity index (χ0n) is 10.0. The molecule has 1 spiro atoms. The van der Waals surface area contributed by atoms with Crippen LogP contribution in [0, 0.1) is 0 Å². The highest BCUT2D eigenvalue weighted by molar-refractivity contribution is 5.63. The van der Waals surface area contributed by atoms with Gasteiger partial charge in [-0.2, -0.15) is 0 Å². The number of ether oxygens (including phenoxy) is 2. The van der Waals surface area contributed by atoms with Crippen molar-refractivity contribution >= 4 is 6.08 Å². The molecule has 1 aromatic carbocycles. The minimum absolute atomic E-state index is 0.0904. The second-order valence-corrected chi connectivity index (χ2v) is 4.65. The molecule has 0 radical (unpaired) electrons. The maximum Gasteiger partial charge on any atom is 0.130 e. The maximum atomic E-state index is 6.18. The first-order valence-corrected chi connectivity index (χ1v) is 6.08. The van der Waals surface area contributed by atoms with E-state index >= 15 is 0 Å². The van der Waals surface area contributed by atoms with Gasteiger partial charge in [0.1, 0.15) is 17.1 Å². The van der Waals surface area contributed by atoms with Crippen LogP contribution in [-0.4, -0.2) is 25.8 Å². The molecule has 1 N–H and O–H groups in total. The lowest BCUT2D eigenvalue weighted by atomic mass is 9.89. The number of fused-ring (bicyclic) bond motifs is 1. The Morgan fingerprint density at radius 3 is 2.88 bits per heavy atom. The molecular weight excluding hydrogens is 214 g/mol. The molecule has 0 atom stereocenters. The number of benzene rings is 1. The normalized spacial score (nSPS) is 20.8. The second-order valence-electron chi connectivity index (χ2n) is 4.65. The van der Waals surface area contributed by atoms with Crippen molar-refractivity contribution in [3.8, 4) is 11.5 Å². The van der Waals surface area contributed by atoms with E-state index < -0.39 is 0 Å². The summed E-state index contributed by atoms with van der Waals surface area (Å²) in [5.41, 5.74) is 1.01. The van der Waals surface area contributed by atoms with E-state index in [0.29, 0.717) is 0 Å². The van der Waals surface area contributed by atoms with Gasteiger partial charge in [-0.25, -0.2) is 0 Å². The van der Waals surface area contributed by atoms with Crippen molar-refractivity contribution in [2.75, 3.05) is 20.2 Å². The first kappa shape index (κ1) is 10.7. The lowest BCUT2D eigenvalue weighted by molar-refractivity contribution is 0.0822. The monoisotopic (exact) mass is 231 g/mol. The van der Waals surface area contributed by atoms with E-state index in [9.17, 15) is 0 Å². The maximum absolute atomic E-state index is 6.18. The fourth-order valence-corrected chi connectivity index (χ4v) is 2.49. The summed E-state index contributed by atoms with van der Waals surface area (Å²) in [7, 11) is 1.68. The van der Waals surface area contributed by atoms with Gasteiger partial charge in [0.05, 0.1) is 7.11 Å². The van der Waals surface area contributed by atoms with Crippen molar-refractivity contribution in [3.63, 3.8) is 0 Å². The molecule has 1 aromatic rings. The Morgan fingerprint density at radius 1 is 1.29 bits per heavy atom. The number of nitrogens with one attached hydrogen (secondary N) is 1. The largest absolute Gasteiger partial charge is 0.497 e. The van der Waals surface area contributed by atoms with E-state index in [0.717, 1.165) is 43.0 Å². The van der Waals surface area contributed by atoms with Crippen LogP contribution in [0.3, 0.4) is 0 Å². The molecule has 3 nitrogen and oxygen atoms in total. The predicted molar refractivity (Wildman–Crippen MR) is 67.5 cm³/mol. The smallest absolute Gasteiger partial charge is 0.130 e. The zero-order chi connectivity index (χ0) is 11.7. The summed E-state index contributed by atoms with van der Waals surface area (Å²) in [6.07, 6.45) is 6.44. The van der Waals surface area contributed by atoms with E-state index in [4.69, 9.17) is 9.47 Å². The van der Waals surface area contributed by atoms with Gasteiger partial charge in [-0.15, -0.1) is 0 Å². The summed E-state index contributed by atoms with van der Waals surface area (Å²) in [5.74, 6) is 1.84. The molecule has 2 heterocycles. The average molecular weight is 231 g/mol. The lowest BCUT2D eigenvalue weighted by Crippen LogP contribution is -2.45. The molecule has 17 heavy (non-hydrogen) atoms. The number of hydrogen-bond acceptors (Lipinski definition) is 3. The Labute approximate surface area is 101 Å². The fourth-order valence-electron chi connectivity index (χ4n) is 2.49. The minimum Gasteiger partial charge on any atom is -0.497 e. The highest BCUT2D eigenvalue weighted by Crippen LogP contribution is 2.37. The zero-order valence-corrected chi connectivity index (χ0v) is 10.0. The molecule has 0 amide bonds. The predicted octanol–water partition coefficient (Wildman–Crippen LogP) is 2.22. The fraction of sp³-hybridized carbons (Fsp3) is 0.429. The quantitative estimate of drug-likeness (QED) is 0.804. The molecule has 90 valence electrons. The van der Waals surface area contributed by atoms with E-state index in [2.05, 4.69) is 17.5 Å². The van der Waals surface area contributed by atoms with E-state index in [1.807, 2.05) is 18.2 Å². The van der Waals surface area contributed by atoms with E-state index in [1.165, 1.54) is 0 Å². The number of hydrogen-bond donors (Lipinski definition) is 1. The van der Waals surface area contributed by atoms with Gasteiger partial charge in [-0.1, -0.05) is 6.08 Å². The Hall–Kier alpha value is -1.48. The summed E-state index contributed by atoms with van der Waals surface area (Å²) in [5, 5.41) is 3.36. The van der Waals surface area contributed by atoms with Gasteiger partial charge in [0, 0.05) is 18.4 Å². The van der Waals surface area contributed by atoms with Crippen LogP contribution in [0.25, 0.3) is 6.08 Å². The standard InChI is InChI=1S/C14H17NO2/c1-16-12-2-3-13-11(10-12)4-5-14(17-13)6-8-15-9-7-14/h2-5,10,15H,6-9H2,1H3. The molecule has 3 heteroatoms. The van der Waals surface area contributed by atoms with Crippen molar-refractivity contribution in [2.45, 2.75) is 18.4 Å². The Bertz CT molecular complexity index is 448. The van der Waals surface area contributed by atoms with Crippen molar-refractivity contribution < 1.29 is 9.47 Å². The Balaban J connectivity index is 1.91. The van der Waals surface area contributed by atoms with Crippen LogP contribution >= 0.6 is 0 Å². The summed E-state index contributed by atoms with van der Waals surface area (Å²) in [4.78, 5) is 0. The van der Waals surface area contributed by atoms with Crippen LogP contribution in [0.2, 0.25) is 0 Å². The van der Waals surface area contributed by atoms with Gasteiger partial charge in [-0.3, -0.25) is 0 Å². The molecule has 0 aliphatic carbocycles.